The van der Waals surface area contributed by atoms with Crippen LogP contribution in [0.15, 0.2) is 99.9 Å². The third kappa shape index (κ3) is 5.05. The lowest BCUT2D eigenvalue weighted by molar-refractivity contribution is -0.139. The van der Waals surface area contributed by atoms with Gasteiger partial charge in [0.2, 0.25) is 0 Å². The highest BCUT2D eigenvalue weighted by atomic mass is 35.5. The van der Waals surface area contributed by atoms with E-state index in [0.717, 1.165) is 27.7 Å². The maximum Gasteiger partial charge on any atom is 0.338 e. The monoisotopic (exact) mass is 601 g/mol. The molecule has 3 heterocycles. The van der Waals surface area contributed by atoms with Crippen LogP contribution in [-0.2, 0) is 16.1 Å². The van der Waals surface area contributed by atoms with Gasteiger partial charge in [-0.3, -0.25) is 9.36 Å². The Labute approximate surface area is 250 Å². The van der Waals surface area contributed by atoms with Gasteiger partial charge in [0.1, 0.15) is 0 Å². The average molecular weight is 603 g/mol. The fourth-order valence-electron chi connectivity index (χ4n) is 5.22. The number of allylic oxidation sites excluding steroid dienone is 1. The van der Waals surface area contributed by atoms with Gasteiger partial charge in [-0.15, -0.1) is 0 Å². The first-order valence-corrected chi connectivity index (χ1v) is 14.7. The number of para-hydroxylation sites is 1. The quantitative estimate of drug-likeness (QED) is 0.221. The number of esters is 1. The topological polar surface area (TPSA) is 65.6 Å². The zero-order chi connectivity index (χ0) is 28.7. The molecule has 0 amide bonds. The summed E-state index contributed by atoms with van der Waals surface area (Å²) in [7, 11) is 0. The van der Waals surface area contributed by atoms with E-state index in [4.69, 9.17) is 27.9 Å². The molecule has 9 heteroatoms. The van der Waals surface area contributed by atoms with Gasteiger partial charge < -0.3 is 9.30 Å². The molecule has 0 N–H and O–H groups in total. The molecule has 0 saturated heterocycles. The predicted octanol–water partition coefficient (Wildman–Crippen LogP) is 6.11. The first kappa shape index (κ1) is 27.3. The van der Waals surface area contributed by atoms with E-state index in [1.54, 1.807) is 24.5 Å². The van der Waals surface area contributed by atoms with Crippen molar-refractivity contribution in [3.63, 3.8) is 0 Å². The van der Waals surface area contributed by atoms with Crippen molar-refractivity contribution >= 4 is 57.5 Å². The van der Waals surface area contributed by atoms with Crippen molar-refractivity contribution in [2.24, 2.45) is 4.99 Å². The number of carbonyl (C=O) groups is 1. The van der Waals surface area contributed by atoms with Crippen LogP contribution in [0.25, 0.3) is 17.0 Å². The molecular formula is C32H25Cl2N3O3S. The van der Waals surface area contributed by atoms with Crippen LogP contribution in [0.4, 0.5) is 0 Å². The Morgan fingerprint density at radius 1 is 1.05 bits per heavy atom. The first-order chi connectivity index (χ1) is 19.9. The molecular weight excluding hydrogens is 577 g/mol. The Bertz CT molecular complexity index is 2020. The maximum absolute atomic E-state index is 14.1. The lowest BCUT2D eigenvalue weighted by Crippen LogP contribution is -2.40. The molecule has 0 saturated carbocycles. The van der Waals surface area contributed by atoms with Gasteiger partial charge in [0.15, 0.2) is 4.80 Å². The molecule has 6 rings (SSSR count). The van der Waals surface area contributed by atoms with Crippen molar-refractivity contribution in [3.8, 4) is 0 Å². The summed E-state index contributed by atoms with van der Waals surface area (Å²) in [6.07, 6.45) is 1.89. The highest BCUT2D eigenvalue weighted by molar-refractivity contribution is 7.07. The van der Waals surface area contributed by atoms with Crippen LogP contribution < -0.4 is 14.9 Å². The highest BCUT2D eigenvalue weighted by Crippen LogP contribution is 2.31. The van der Waals surface area contributed by atoms with E-state index in [1.807, 2.05) is 72.8 Å². The highest BCUT2D eigenvalue weighted by Gasteiger charge is 2.33. The molecule has 0 radical (unpaired) electrons. The van der Waals surface area contributed by atoms with Crippen molar-refractivity contribution in [2.75, 3.05) is 6.61 Å². The number of thiazole rings is 1. The van der Waals surface area contributed by atoms with Crippen LogP contribution in [0.1, 0.15) is 36.7 Å². The molecule has 1 aliphatic rings. The Kier molecular flexibility index (Phi) is 7.43. The van der Waals surface area contributed by atoms with Gasteiger partial charge in [-0.2, -0.15) is 0 Å². The number of halogens is 2. The van der Waals surface area contributed by atoms with Crippen LogP contribution >= 0.6 is 34.5 Å². The number of hydrogen-bond acceptors (Lipinski definition) is 5. The fraction of sp³-hybridized carbons (Fsp3) is 0.156. The predicted molar refractivity (Wildman–Crippen MR) is 164 cm³/mol. The molecule has 0 aliphatic carbocycles. The Morgan fingerprint density at radius 2 is 1.80 bits per heavy atom. The number of nitrogens with zero attached hydrogens (tertiary/aromatic N) is 3. The van der Waals surface area contributed by atoms with Gasteiger partial charge in [0.25, 0.3) is 5.56 Å². The van der Waals surface area contributed by atoms with Gasteiger partial charge in [-0.1, -0.05) is 89.1 Å². The second-order valence-corrected chi connectivity index (χ2v) is 11.5. The van der Waals surface area contributed by atoms with Gasteiger partial charge in [0, 0.05) is 33.2 Å². The van der Waals surface area contributed by atoms with Gasteiger partial charge in [-0.05, 0) is 55.3 Å². The zero-order valence-electron chi connectivity index (χ0n) is 22.3. The molecule has 2 aromatic heterocycles. The van der Waals surface area contributed by atoms with E-state index < -0.39 is 12.0 Å². The molecule has 0 fully saturated rings. The largest absolute Gasteiger partial charge is 0.463 e. The summed E-state index contributed by atoms with van der Waals surface area (Å²) in [5.41, 5.74) is 4.26. The SMILES string of the molecule is CCOC(=O)C1=C(C)N=c2s/c(=C/c3cc4ccccc4n3Cc3ccc(Cl)cc3Cl)c(=O)n2C1c1ccccc1. The summed E-state index contributed by atoms with van der Waals surface area (Å²) in [4.78, 5) is 32.4. The summed E-state index contributed by atoms with van der Waals surface area (Å²) >= 11 is 14.0. The van der Waals surface area contributed by atoms with E-state index in [0.29, 0.717) is 37.2 Å². The van der Waals surface area contributed by atoms with Crippen molar-refractivity contribution in [2.45, 2.75) is 26.4 Å². The number of aromatic nitrogens is 2. The van der Waals surface area contributed by atoms with Crippen LogP contribution in [0.3, 0.4) is 0 Å². The van der Waals surface area contributed by atoms with E-state index in [-0.39, 0.29) is 12.2 Å². The fourth-order valence-corrected chi connectivity index (χ4v) is 6.72. The zero-order valence-corrected chi connectivity index (χ0v) is 24.6. The molecule has 3 aromatic carbocycles. The maximum atomic E-state index is 14.1. The summed E-state index contributed by atoms with van der Waals surface area (Å²) in [6.45, 7) is 4.26. The molecule has 0 bridgehead atoms. The number of carbonyl (C=O) groups excluding carboxylic acids is 1. The average Bonchev–Trinajstić information content (AvgIpc) is 3.46. The number of fused-ring (bicyclic) bond motifs is 2. The summed E-state index contributed by atoms with van der Waals surface area (Å²) < 4.78 is 9.63. The van der Waals surface area contributed by atoms with Crippen LogP contribution in [0.5, 0.6) is 0 Å². The van der Waals surface area contributed by atoms with Gasteiger partial charge in [0.05, 0.1) is 28.5 Å². The van der Waals surface area contributed by atoms with E-state index in [2.05, 4.69) is 15.6 Å². The molecule has 1 unspecified atom stereocenters. The minimum atomic E-state index is -0.646. The molecule has 206 valence electrons. The smallest absolute Gasteiger partial charge is 0.338 e. The second kappa shape index (κ2) is 11.2. The molecule has 1 atom stereocenters. The summed E-state index contributed by atoms with van der Waals surface area (Å²) in [5.74, 6) is -0.475. The summed E-state index contributed by atoms with van der Waals surface area (Å²) in [6, 6.07) is 24.4. The van der Waals surface area contributed by atoms with Crippen molar-refractivity contribution < 1.29 is 9.53 Å². The third-order valence-corrected chi connectivity index (χ3v) is 8.67. The molecule has 41 heavy (non-hydrogen) atoms. The standard InChI is InChI=1S/C32H25Cl2N3O3S/c1-3-40-31(39)28-19(2)35-32-37(29(28)20-9-5-4-6-10-20)30(38)27(41-32)17-24-15-21-11-7-8-12-26(21)36(24)18-22-13-14-23(33)16-25(22)34/h4-17,29H,3,18H2,1-2H3/b27-17+. The van der Waals surface area contributed by atoms with Crippen LogP contribution in [0.2, 0.25) is 10.0 Å². The van der Waals surface area contributed by atoms with E-state index in [1.165, 1.54) is 11.3 Å². The lowest BCUT2D eigenvalue weighted by Gasteiger charge is -2.24. The van der Waals surface area contributed by atoms with Crippen molar-refractivity contribution in [1.82, 2.24) is 9.13 Å². The molecule has 1 aliphatic heterocycles. The Morgan fingerprint density at radius 3 is 2.56 bits per heavy atom. The van der Waals surface area contributed by atoms with Crippen LogP contribution in [0, 0.1) is 0 Å². The third-order valence-electron chi connectivity index (χ3n) is 7.10. The molecule has 5 aromatic rings. The number of benzene rings is 3. The first-order valence-electron chi connectivity index (χ1n) is 13.1. The number of hydrogen-bond donors (Lipinski definition) is 0. The normalized spacial score (nSPS) is 15.2. The Balaban J connectivity index is 1.54. The van der Waals surface area contributed by atoms with E-state index in [9.17, 15) is 9.59 Å². The van der Waals surface area contributed by atoms with E-state index >= 15 is 0 Å². The minimum Gasteiger partial charge on any atom is -0.463 e. The van der Waals surface area contributed by atoms with Crippen molar-refractivity contribution in [1.29, 1.82) is 0 Å². The second-order valence-electron chi connectivity index (χ2n) is 9.66. The molecule has 0 spiro atoms. The van der Waals surface area contributed by atoms with Gasteiger partial charge >= 0.3 is 5.97 Å². The number of rotatable bonds is 6. The minimum absolute atomic E-state index is 0.224. The number of ether oxygens (including phenoxy) is 1. The lowest BCUT2D eigenvalue weighted by atomic mass is 9.96. The molecule has 6 nitrogen and oxygen atoms in total. The Hall–Kier alpha value is -3.91. The van der Waals surface area contributed by atoms with Gasteiger partial charge in [-0.25, -0.2) is 9.79 Å². The summed E-state index contributed by atoms with van der Waals surface area (Å²) in [5, 5.41) is 2.19. The van der Waals surface area contributed by atoms with Crippen molar-refractivity contribution in [3.05, 3.63) is 137 Å². The van der Waals surface area contributed by atoms with Crippen LogP contribution in [-0.4, -0.2) is 21.7 Å².